The van der Waals surface area contributed by atoms with E-state index in [0.29, 0.717) is 24.1 Å². The van der Waals surface area contributed by atoms with Crippen molar-refractivity contribution >= 4 is 39.3 Å². The molecule has 6 nitrogen and oxygen atoms in total. The van der Waals surface area contributed by atoms with E-state index in [1.54, 1.807) is 22.7 Å². The first-order chi connectivity index (χ1) is 16.4. The van der Waals surface area contributed by atoms with Crippen LogP contribution in [0.4, 0.5) is 0 Å². The van der Waals surface area contributed by atoms with E-state index in [1.807, 2.05) is 53.1 Å². The predicted molar refractivity (Wildman–Crippen MR) is 136 cm³/mol. The zero-order valence-electron chi connectivity index (χ0n) is 19.4. The molecule has 1 aliphatic carbocycles. The summed E-state index contributed by atoms with van der Waals surface area (Å²) in [5, 5.41) is 6.02. The largest absolute Gasteiger partial charge is 0.350 e. The average molecular weight is 491 g/mol. The lowest BCUT2D eigenvalue weighted by Crippen LogP contribution is -2.45. The highest BCUT2D eigenvalue weighted by Crippen LogP contribution is 2.50. The summed E-state index contributed by atoms with van der Waals surface area (Å²) in [7, 11) is 0. The lowest BCUT2D eigenvalue weighted by molar-refractivity contribution is 0.0690. The number of aryl methyl sites for hydroxylation is 3. The third-order valence-electron chi connectivity index (χ3n) is 7.06. The number of thiazole rings is 2. The van der Waals surface area contributed by atoms with Crippen molar-refractivity contribution in [1.82, 2.24) is 19.6 Å². The second kappa shape index (κ2) is 8.06. The van der Waals surface area contributed by atoms with Crippen LogP contribution < -0.4 is 5.32 Å². The van der Waals surface area contributed by atoms with Gasteiger partial charge in [-0.05, 0) is 50.2 Å². The number of benzene rings is 1. The molecule has 6 rings (SSSR count). The summed E-state index contributed by atoms with van der Waals surface area (Å²) in [4.78, 5) is 35.3. The van der Waals surface area contributed by atoms with E-state index >= 15 is 0 Å². The number of nitrogens with one attached hydrogen (secondary N) is 1. The second-order valence-corrected chi connectivity index (χ2v) is 11.6. The van der Waals surface area contributed by atoms with Gasteiger partial charge in [0.15, 0.2) is 0 Å². The molecule has 174 valence electrons. The van der Waals surface area contributed by atoms with Crippen molar-refractivity contribution in [2.45, 2.75) is 33.2 Å². The molecule has 0 unspecified atom stereocenters. The fourth-order valence-corrected chi connectivity index (χ4v) is 7.17. The highest BCUT2D eigenvalue weighted by atomic mass is 32.1. The van der Waals surface area contributed by atoms with Crippen molar-refractivity contribution in [3.8, 4) is 10.4 Å². The molecule has 34 heavy (non-hydrogen) atoms. The minimum atomic E-state index is -0.0658. The smallest absolute Gasteiger partial charge is 0.274 e. The first kappa shape index (κ1) is 21.6. The summed E-state index contributed by atoms with van der Waals surface area (Å²) in [6.45, 7) is 7.19. The maximum absolute atomic E-state index is 13.7. The molecule has 1 aliphatic heterocycles. The maximum Gasteiger partial charge on any atom is 0.274 e. The van der Waals surface area contributed by atoms with Gasteiger partial charge in [-0.3, -0.25) is 9.59 Å². The van der Waals surface area contributed by atoms with E-state index in [-0.39, 0.29) is 17.9 Å². The molecule has 1 N–H and O–H groups in total. The van der Waals surface area contributed by atoms with Crippen molar-refractivity contribution in [3.63, 3.8) is 0 Å². The molecule has 4 aromatic rings. The van der Waals surface area contributed by atoms with Gasteiger partial charge in [-0.25, -0.2) is 4.98 Å². The maximum atomic E-state index is 13.7. The fraction of sp³-hybridized carbons (Fsp3) is 0.346. The van der Waals surface area contributed by atoms with Crippen molar-refractivity contribution < 1.29 is 9.59 Å². The topological polar surface area (TPSA) is 66.7 Å². The number of carbonyl (C=O) groups excluding carboxylic acids is 2. The molecule has 3 aromatic heterocycles. The molecule has 1 aromatic carbocycles. The van der Waals surface area contributed by atoms with Gasteiger partial charge < -0.3 is 14.6 Å². The second-order valence-electron chi connectivity index (χ2n) is 9.48. The van der Waals surface area contributed by atoms with E-state index in [2.05, 4.69) is 29.4 Å². The van der Waals surface area contributed by atoms with E-state index in [1.165, 1.54) is 0 Å². The number of aromatic nitrogens is 2. The SMILES string of the molecule is Cc1cccc(-c2sc(C)nc2C(=O)N2C[C@@H]3C[C@@H]3[C@H]2CNC(=O)c2c(C)cn3ccsc23)c1. The van der Waals surface area contributed by atoms with Gasteiger partial charge >= 0.3 is 0 Å². The standard InChI is InChI=1S/C26H26N4O2S2/c1-14-5-4-6-17(9-14)23-22(28-16(3)34-23)25(32)30-13-18-10-19(18)20(30)11-27-24(31)21-15(2)12-29-7-8-33-26(21)29/h4-9,12,18-20H,10-11,13H2,1-3H3,(H,27,31)/t18-,19-,20+/m0/s1. The molecule has 0 bridgehead atoms. The van der Waals surface area contributed by atoms with Gasteiger partial charge in [0.1, 0.15) is 10.5 Å². The van der Waals surface area contributed by atoms with Gasteiger partial charge in [0.05, 0.1) is 21.5 Å². The van der Waals surface area contributed by atoms with Crippen LogP contribution in [-0.2, 0) is 0 Å². The molecule has 1 saturated heterocycles. The van der Waals surface area contributed by atoms with E-state index in [4.69, 9.17) is 0 Å². The number of rotatable bonds is 5. The van der Waals surface area contributed by atoms with Gasteiger partial charge in [-0.2, -0.15) is 0 Å². The minimum Gasteiger partial charge on any atom is -0.350 e. The van der Waals surface area contributed by atoms with Crippen molar-refractivity contribution in [3.05, 3.63) is 69.4 Å². The molecule has 2 aliphatic rings. The van der Waals surface area contributed by atoms with Crippen LogP contribution >= 0.6 is 22.7 Å². The molecule has 4 heterocycles. The quantitative estimate of drug-likeness (QED) is 0.431. The van der Waals surface area contributed by atoms with Crippen LogP contribution in [0.1, 0.15) is 43.4 Å². The van der Waals surface area contributed by atoms with Gasteiger partial charge in [0, 0.05) is 30.9 Å². The van der Waals surface area contributed by atoms with E-state index in [0.717, 1.165) is 49.9 Å². The van der Waals surface area contributed by atoms with Crippen LogP contribution in [0.3, 0.4) is 0 Å². The van der Waals surface area contributed by atoms with Crippen LogP contribution in [0.2, 0.25) is 0 Å². The van der Waals surface area contributed by atoms with Crippen LogP contribution in [0.5, 0.6) is 0 Å². The summed E-state index contributed by atoms with van der Waals surface area (Å²) in [5.41, 5.74) is 4.43. The van der Waals surface area contributed by atoms with E-state index in [9.17, 15) is 9.59 Å². The third kappa shape index (κ3) is 3.56. The molecule has 2 fully saturated rings. The van der Waals surface area contributed by atoms with Crippen LogP contribution in [0.25, 0.3) is 15.3 Å². The number of nitrogens with zero attached hydrogens (tertiary/aromatic N) is 3. The molecule has 8 heteroatoms. The lowest BCUT2D eigenvalue weighted by Gasteiger charge is -2.27. The molecule has 1 saturated carbocycles. The number of piperidine rings is 1. The van der Waals surface area contributed by atoms with Crippen LogP contribution in [0, 0.1) is 32.6 Å². The summed E-state index contributed by atoms with van der Waals surface area (Å²) < 4.78 is 1.99. The van der Waals surface area contributed by atoms with Gasteiger partial charge in [0.2, 0.25) is 0 Å². The predicted octanol–water partition coefficient (Wildman–Crippen LogP) is 4.94. The van der Waals surface area contributed by atoms with Crippen molar-refractivity contribution in [2.75, 3.05) is 13.1 Å². The zero-order chi connectivity index (χ0) is 23.6. The Hall–Kier alpha value is -2.97. The molecule has 3 atom stereocenters. The highest BCUT2D eigenvalue weighted by molar-refractivity contribution is 7.16. The Balaban J connectivity index is 1.24. The van der Waals surface area contributed by atoms with Gasteiger partial charge in [0.25, 0.3) is 11.8 Å². The average Bonchev–Trinajstić information content (AvgIpc) is 3.14. The summed E-state index contributed by atoms with van der Waals surface area (Å²) >= 11 is 3.13. The monoisotopic (exact) mass is 490 g/mol. The van der Waals surface area contributed by atoms with Crippen molar-refractivity contribution in [1.29, 1.82) is 0 Å². The first-order valence-corrected chi connectivity index (χ1v) is 13.3. The van der Waals surface area contributed by atoms with Crippen LogP contribution in [0.15, 0.2) is 42.0 Å². The summed E-state index contributed by atoms with van der Waals surface area (Å²) in [6, 6.07) is 8.24. The Morgan fingerprint density at radius 1 is 1.24 bits per heavy atom. The Bertz CT molecular complexity index is 1430. The number of carbonyl (C=O) groups is 2. The van der Waals surface area contributed by atoms with Gasteiger partial charge in [-0.1, -0.05) is 29.8 Å². The van der Waals surface area contributed by atoms with E-state index < -0.39 is 0 Å². The number of hydrogen-bond acceptors (Lipinski definition) is 5. The van der Waals surface area contributed by atoms with Crippen molar-refractivity contribution in [2.24, 2.45) is 11.8 Å². The Labute approximate surface area is 206 Å². The van der Waals surface area contributed by atoms with Gasteiger partial charge in [-0.15, -0.1) is 22.7 Å². The molecule has 0 spiro atoms. The minimum absolute atomic E-state index is 0.00978. The molecular formula is C26H26N4O2S2. The Morgan fingerprint density at radius 3 is 2.91 bits per heavy atom. The lowest BCUT2D eigenvalue weighted by atomic mass is 10.1. The normalized spacial score (nSPS) is 21.1. The summed E-state index contributed by atoms with van der Waals surface area (Å²) in [5.74, 6) is 0.911. The first-order valence-electron chi connectivity index (χ1n) is 11.6. The zero-order valence-corrected chi connectivity index (χ0v) is 21.0. The summed E-state index contributed by atoms with van der Waals surface area (Å²) in [6.07, 6.45) is 5.09. The number of fused-ring (bicyclic) bond motifs is 2. The number of hydrogen-bond donors (Lipinski definition) is 1. The molecular weight excluding hydrogens is 464 g/mol. The Kier molecular flexibility index (Phi) is 5.11. The van der Waals surface area contributed by atoms with Crippen LogP contribution in [-0.4, -0.2) is 45.2 Å². The third-order valence-corrected chi connectivity index (χ3v) is 8.97. The molecule has 0 radical (unpaired) electrons. The highest BCUT2D eigenvalue weighted by Gasteiger charge is 2.54. The fourth-order valence-electron chi connectivity index (χ4n) is 5.34. The Morgan fingerprint density at radius 2 is 2.09 bits per heavy atom. The number of amides is 2. The molecule has 2 amide bonds. The number of likely N-dealkylation sites (tertiary alicyclic amines) is 1.